The number of esters is 1. The number of hydrogen-bond acceptors (Lipinski definition) is 3. The van der Waals surface area contributed by atoms with Crippen molar-refractivity contribution in [2.45, 2.75) is 26.4 Å². The summed E-state index contributed by atoms with van der Waals surface area (Å²) in [6.07, 6.45) is -0.113. The molecule has 0 bridgehead atoms. The zero-order chi connectivity index (χ0) is 16.5. The molecule has 3 nitrogen and oxygen atoms in total. The van der Waals surface area contributed by atoms with Crippen molar-refractivity contribution in [1.82, 2.24) is 0 Å². The molecule has 122 valence electrons. The van der Waals surface area contributed by atoms with Crippen molar-refractivity contribution >= 4 is 5.97 Å². The second-order valence-corrected chi connectivity index (χ2v) is 5.91. The number of ether oxygens (including phenoxy) is 2. The molecule has 0 radical (unpaired) electrons. The molecule has 23 heavy (non-hydrogen) atoms. The molecule has 0 fully saturated rings. The Morgan fingerprint density at radius 1 is 0.913 bits per heavy atom. The number of carbonyl (C=O) groups excluding carboxylic acids is 1. The third kappa shape index (κ3) is 5.87. The van der Waals surface area contributed by atoms with E-state index in [1.807, 2.05) is 60.7 Å². The van der Waals surface area contributed by atoms with Crippen LogP contribution in [0.3, 0.4) is 0 Å². The van der Waals surface area contributed by atoms with E-state index in [9.17, 15) is 4.79 Å². The van der Waals surface area contributed by atoms with Crippen molar-refractivity contribution in [3.8, 4) is 0 Å². The molecule has 2 rings (SSSR count). The van der Waals surface area contributed by atoms with Crippen LogP contribution in [0.25, 0.3) is 0 Å². The molecule has 0 saturated heterocycles. The van der Waals surface area contributed by atoms with E-state index in [0.717, 1.165) is 11.1 Å². The zero-order valence-corrected chi connectivity index (χ0v) is 13.8. The summed E-state index contributed by atoms with van der Waals surface area (Å²) in [4.78, 5) is 12.1. The average molecular weight is 312 g/mol. The quantitative estimate of drug-likeness (QED) is 0.536. The molecule has 0 amide bonds. The lowest BCUT2D eigenvalue weighted by atomic mass is 10.0. The first-order valence-electron chi connectivity index (χ1n) is 8.04. The van der Waals surface area contributed by atoms with Crippen LogP contribution in [0.5, 0.6) is 0 Å². The summed E-state index contributed by atoms with van der Waals surface area (Å²) < 4.78 is 11.2. The first-order valence-corrected chi connectivity index (χ1v) is 8.04. The van der Waals surface area contributed by atoms with E-state index in [4.69, 9.17) is 9.47 Å². The van der Waals surface area contributed by atoms with Gasteiger partial charge in [0.05, 0.1) is 13.0 Å². The molecule has 0 heterocycles. The van der Waals surface area contributed by atoms with E-state index in [2.05, 4.69) is 13.8 Å². The number of rotatable bonds is 8. The topological polar surface area (TPSA) is 35.5 Å². The molecule has 0 spiro atoms. The van der Waals surface area contributed by atoms with Crippen LogP contribution in [-0.2, 0) is 14.3 Å². The monoisotopic (exact) mass is 312 g/mol. The van der Waals surface area contributed by atoms with Gasteiger partial charge in [0.15, 0.2) is 6.10 Å². The van der Waals surface area contributed by atoms with E-state index in [1.54, 1.807) is 0 Å². The van der Waals surface area contributed by atoms with E-state index in [0.29, 0.717) is 19.1 Å². The van der Waals surface area contributed by atoms with Gasteiger partial charge in [-0.3, -0.25) is 4.79 Å². The van der Waals surface area contributed by atoms with Gasteiger partial charge in [0, 0.05) is 6.61 Å². The number of hydrogen-bond donors (Lipinski definition) is 0. The number of carbonyl (C=O) groups is 1. The predicted octanol–water partition coefficient (Wildman–Crippen LogP) is 4.38. The highest BCUT2D eigenvalue weighted by molar-refractivity contribution is 5.70. The Bertz CT molecular complexity index is 539. The highest BCUT2D eigenvalue weighted by Gasteiger charge is 2.18. The fourth-order valence-electron chi connectivity index (χ4n) is 2.25. The van der Waals surface area contributed by atoms with E-state index in [-0.39, 0.29) is 18.5 Å². The first-order chi connectivity index (χ1) is 11.2. The van der Waals surface area contributed by atoms with E-state index < -0.39 is 0 Å². The van der Waals surface area contributed by atoms with E-state index in [1.165, 1.54) is 0 Å². The summed E-state index contributed by atoms with van der Waals surface area (Å²) in [5.41, 5.74) is 1.94. The summed E-state index contributed by atoms with van der Waals surface area (Å²) in [5.74, 6) is 0.221. The highest BCUT2D eigenvalue weighted by Crippen LogP contribution is 2.26. The molecule has 0 atom stereocenters. The third-order valence-corrected chi connectivity index (χ3v) is 3.36. The van der Waals surface area contributed by atoms with Gasteiger partial charge in [-0.15, -0.1) is 0 Å². The SMILES string of the molecule is CC(C)COCCC(=O)OC(c1ccccc1)c1ccccc1. The van der Waals surface area contributed by atoms with Crippen molar-refractivity contribution in [3.05, 3.63) is 71.8 Å². The Labute approximate surface area is 138 Å². The van der Waals surface area contributed by atoms with Crippen LogP contribution in [0.4, 0.5) is 0 Å². The molecule has 0 aliphatic heterocycles. The lowest BCUT2D eigenvalue weighted by molar-refractivity contribution is -0.148. The van der Waals surface area contributed by atoms with Crippen molar-refractivity contribution in [1.29, 1.82) is 0 Å². The second-order valence-electron chi connectivity index (χ2n) is 5.91. The van der Waals surface area contributed by atoms with Crippen LogP contribution < -0.4 is 0 Å². The molecular weight excluding hydrogens is 288 g/mol. The summed E-state index contributed by atoms with van der Waals surface area (Å²) in [6.45, 7) is 5.22. The largest absolute Gasteiger partial charge is 0.452 e. The minimum atomic E-state index is -0.380. The predicted molar refractivity (Wildman–Crippen MR) is 91.1 cm³/mol. The Balaban J connectivity index is 2.00. The molecule has 0 aromatic heterocycles. The maximum Gasteiger partial charge on any atom is 0.309 e. The Hall–Kier alpha value is -2.13. The van der Waals surface area contributed by atoms with Crippen LogP contribution in [-0.4, -0.2) is 19.2 Å². The third-order valence-electron chi connectivity index (χ3n) is 3.36. The Morgan fingerprint density at radius 2 is 1.43 bits per heavy atom. The Morgan fingerprint density at radius 3 is 1.91 bits per heavy atom. The molecule has 0 N–H and O–H groups in total. The van der Waals surface area contributed by atoms with Gasteiger partial charge in [-0.25, -0.2) is 0 Å². The minimum Gasteiger partial charge on any atom is -0.452 e. The molecule has 3 heteroatoms. The van der Waals surface area contributed by atoms with Gasteiger partial charge >= 0.3 is 5.97 Å². The standard InChI is InChI=1S/C20H24O3/c1-16(2)15-22-14-13-19(21)23-20(17-9-5-3-6-10-17)18-11-7-4-8-12-18/h3-12,16,20H,13-15H2,1-2H3. The van der Waals surface area contributed by atoms with Crippen molar-refractivity contribution < 1.29 is 14.3 Å². The maximum atomic E-state index is 12.1. The van der Waals surface area contributed by atoms with Crippen LogP contribution in [0, 0.1) is 5.92 Å². The van der Waals surface area contributed by atoms with E-state index >= 15 is 0 Å². The fourth-order valence-corrected chi connectivity index (χ4v) is 2.25. The first kappa shape index (κ1) is 17.2. The fraction of sp³-hybridized carbons (Fsp3) is 0.350. The molecule has 0 saturated carbocycles. The molecule has 0 unspecified atom stereocenters. The van der Waals surface area contributed by atoms with Crippen LogP contribution >= 0.6 is 0 Å². The molecular formula is C20H24O3. The molecule has 0 aliphatic rings. The van der Waals surface area contributed by atoms with Gasteiger partial charge in [0.2, 0.25) is 0 Å². The Kier molecular flexibility index (Phi) is 6.82. The van der Waals surface area contributed by atoms with Crippen LogP contribution in [0.1, 0.15) is 37.5 Å². The second kappa shape index (κ2) is 9.11. The highest BCUT2D eigenvalue weighted by atomic mass is 16.5. The zero-order valence-electron chi connectivity index (χ0n) is 13.8. The molecule has 0 aliphatic carbocycles. The normalized spacial score (nSPS) is 11.0. The number of benzene rings is 2. The van der Waals surface area contributed by atoms with Gasteiger partial charge in [0.1, 0.15) is 0 Å². The van der Waals surface area contributed by atoms with Crippen molar-refractivity contribution in [3.63, 3.8) is 0 Å². The lowest BCUT2D eigenvalue weighted by Gasteiger charge is -2.19. The van der Waals surface area contributed by atoms with Gasteiger partial charge in [-0.05, 0) is 17.0 Å². The maximum absolute atomic E-state index is 12.1. The minimum absolute atomic E-state index is 0.244. The van der Waals surface area contributed by atoms with Crippen molar-refractivity contribution in [2.75, 3.05) is 13.2 Å². The molecule has 2 aromatic rings. The van der Waals surface area contributed by atoms with Gasteiger partial charge in [0.25, 0.3) is 0 Å². The van der Waals surface area contributed by atoms with Gasteiger partial charge in [-0.2, -0.15) is 0 Å². The van der Waals surface area contributed by atoms with Gasteiger partial charge in [-0.1, -0.05) is 74.5 Å². The van der Waals surface area contributed by atoms with Crippen molar-refractivity contribution in [2.24, 2.45) is 5.92 Å². The summed E-state index contributed by atoms with van der Waals surface area (Å²) in [7, 11) is 0. The van der Waals surface area contributed by atoms with Crippen LogP contribution in [0.2, 0.25) is 0 Å². The summed E-state index contributed by atoms with van der Waals surface area (Å²) >= 11 is 0. The smallest absolute Gasteiger partial charge is 0.309 e. The van der Waals surface area contributed by atoms with Gasteiger partial charge < -0.3 is 9.47 Å². The molecule has 2 aromatic carbocycles. The summed E-state index contributed by atoms with van der Waals surface area (Å²) in [6, 6.07) is 19.6. The van der Waals surface area contributed by atoms with Crippen LogP contribution in [0.15, 0.2) is 60.7 Å². The average Bonchev–Trinajstić information content (AvgIpc) is 2.58. The lowest BCUT2D eigenvalue weighted by Crippen LogP contribution is -2.15. The summed E-state index contributed by atoms with van der Waals surface area (Å²) in [5, 5.41) is 0.